The molecule has 0 aliphatic carbocycles. The van der Waals surface area contributed by atoms with Gasteiger partial charge in [0.1, 0.15) is 9.80 Å². The summed E-state index contributed by atoms with van der Waals surface area (Å²) in [7, 11) is 0. The maximum Gasteiger partial charge on any atom is 0.264 e. The second kappa shape index (κ2) is 4.52. The summed E-state index contributed by atoms with van der Waals surface area (Å²) in [5.41, 5.74) is 0. The van der Waals surface area contributed by atoms with Gasteiger partial charge in [0, 0.05) is 24.9 Å². The molecule has 1 N–H and O–H groups in total. The molecule has 3 atom stereocenters. The molecule has 0 amide bonds. The normalized spacial score (nSPS) is 33.4. The molecule has 0 radical (unpaired) electrons. The molecule has 1 aromatic rings. The Morgan fingerprint density at radius 2 is 2.17 bits per heavy atom. The Balaban J connectivity index is 1.67. The smallest absolute Gasteiger partial charge is 0.264 e. The predicted molar refractivity (Wildman–Crippen MR) is 68.7 cm³/mol. The van der Waals surface area contributed by atoms with Gasteiger partial charge in [-0.25, -0.2) is 8.78 Å². The summed E-state index contributed by atoms with van der Waals surface area (Å²) in [6.45, 7) is 0. The number of hydrogen-bond acceptors (Lipinski definition) is 4. The number of nitrogens with zero attached hydrogens (tertiary/aromatic N) is 2. The highest BCUT2D eigenvalue weighted by molar-refractivity contribution is 14.1. The average Bonchev–Trinajstić information content (AvgIpc) is 2.51. The van der Waals surface area contributed by atoms with Crippen LogP contribution in [0.25, 0.3) is 0 Å². The number of aromatic nitrogens is 2. The van der Waals surface area contributed by atoms with Gasteiger partial charge in [-0.3, -0.25) is 0 Å². The third kappa shape index (κ3) is 2.42. The summed E-state index contributed by atoms with van der Waals surface area (Å²) in [6, 6.07) is 2.59. The fraction of sp³-hybridized carbons (Fsp3) is 0.636. The average molecular weight is 367 g/mol. The standard InChI is InChI=1S/C11H12F2IN3O/c12-11(13)5-6-3-7(4-8(11)15-6)18-10-2-1-9(14)16-17-10/h1-2,6-8,15H,3-5H2. The van der Waals surface area contributed by atoms with Gasteiger partial charge in [-0.05, 0) is 35.1 Å². The predicted octanol–water partition coefficient (Wildman–Crippen LogP) is 1.99. The van der Waals surface area contributed by atoms with E-state index in [1.54, 1.807) is 12.1 Å². The Morgan fingerprint density at radius 3 is 2.83 bits per heavy atom. The van der Waals surface area contributed by atoms with Gasteiger partial charge in [0.15, 0.2) is 0 Å². The molecule has 98 valence electrons. The maximum atomic E-state index is 13.5. The van der Waals surface area contributed by atoms with E-state index in [-0.39, 0.29) is 18.6 Å². The second-order valence-electron chi connectivity index (χ2n) is 4.79. The summed E-state index contributed by atoms with van der Waals surface area (Å²) in [4.78, 5) is 0. The Kier molecular flexibility index (Phi) is 3.13. The molecule has 0 aromatic carbocycles. The van der Waals surface area contributed by atoms with E-state index >= 15 is 0 Å². The summed E-state index contributed by atoms with van der Waals surface area (Å²) in [5.74, 6) is -2.20. The lowest BCUT2D eigenvalue weighted by Crippen LogP contribution is -2.46. The number of ether oxygens (including phenoxy) is 1. The van der Waals surface area contributed by atoms with Crippen LogP contribution < -0.4 is 10.1 Å². The zero-order valence-electron chi connectivity index (χ0n) is 9.44. The molecule has 18 heavy (non-hydrogen) atoms. The fourth-order valence-corrected chi connectivity index (χ4v) is 2.93. The van der Waals surface area contributed by atoms with Gasteiger partial charge in [-0.15, -0.1) is 10.2 Å². The zero-order chi connectivity index (χ0) is 12.8. The minimum atomic E-state index is -2.61. The van der Waals surface area contributed by atoms with E-state index in [4.69, 9.17) is 4.74 Å². The minimum absolute atomic E-state index is 0.0874. The first-order valence-corrected chi connectivity index (χ1v) is 6.90. The van der Waals surface area contributed by atoms with Gasteiger partial charge in [0.25, 0.3) is 5.92 Å². The minimum Gasteiger partial charge on any atom is -0.473 e. The molecular weight excluding hydrogens is 355 g/mol. The van der Waals surface area contributed by atoms with Crippen molar-refractivity contribution in [3.8, 4) is 5.88 Å². The highest BCUT2D eigenvalue weighted by Crippen LogP contribution is 2.39. The van der Waals surface area contributed by atoms with Gasteiger partial charge in [0.05, 0.1) is 6.04 Å². The van der Waals surface area contributed by atoms with Crippen molar-refractivity contribution in [1.82, 2.24) is 15.5 Å². The molecule has 2 bridgehead atoms. The molecule has 0 spiro atoms. The maximum absolute atomic E-state index is 13.5. The number of piperidine rings is 1. The molecule has 2 fully saturated rings. The highest BCUT2D eigenvalue weighted by Gasteiger charge is 2.53. The van der Waals surface area contributed by atoms with Crippen LogP contribution >= 0.6 is 22.6 Å². The third-order valence-corrected chi connectivity index (χ3v) is 3.98. The molecule has 3 rings (SSSR count). The number of nitrogens with one attached hydrogen (secondary N) is 1. The van der Waals surface area contributed by atoms with Crippen molar-refractivity contribution < 1.29 is 13.5 Å². The van der Waals surface area contributed by atoms with Gasteiger partial charge < -0.3 is 10.1 Å². The monoisotopic (exact) mass is 367 g/mol. The first-order valence-electron chi connectivity index (χ1n) is 5.83. The van der Waals surface area contributed by atoms with Crippen LogP contribution in [-0.2, 0) is 0 Å². The second-order valence-corrected chi connectivity index (χ2v) is 5.89. The van der Waals surface area contributed by atoms with Crippen molar-refractivity contribution in [3.63, 3.8) is 0 Å². The largest absolute Gasteiger partial charge is 0.473 e. The van der Waals surface area contributed by atoms with Crippen LogP contribution in [0.3, 0.4) is 0 Å². The van der Waals surface area contributed by atoms with E-state index in [0.29, 0.717) is 18.7 Å². The van der Waals surface area contributed by atoms with E-state index in [1.165, 1.54) is 0 Å². The Labute approximate surface area is 117 Å². The fourth-order valence-electron chi connectivity index (χ4n) is 2.64. The number of fused-ring (bicyclic) bond motifs is 2. The zero-order valence-corrected chi connectivity index (χ0v) is 11.6. The van der Waals surface area contributed by atoms with Gasteiger partial charge in [0.2, 0.25) is 5.88 Å². The van der Waals surface area contributed by atoms with Crippen molar-refractivity contribution in [2.75, 3.05) is 0 Å². The Bertz CT molecular complexity index is 442. The van der Waals surface area contributed by atoms with Crippen LogP contribution in [0.5, 0.6) is 5.88 Å². The van der Waals surface area contributed by atoms with Crippen molar-refractivity contribution >= 4 is 22.6 Å². The molecule has 3 unspecified atom stereocenters. The lowest BCUT2D eigenvalue weighted by Gasteiger charge is -2.29. The van der Waals surface area contributed by atoms with Crippen LogP contribution in [0.2, 0.25) is 0 Å². The molecule has 0 saturated carbocycles. The number of hydrogen-bond donors (Lipinski definition) is 1. The lowest BCUT2D eigenvalue weighted by molar-refractivity contribution is -0.0195. The number of rotatable bonds is 2. The highest BCUT2D eigenvalue weighted by atomic mass is 127. The molecule has 4 nitrogen and oxygen atoms in total. The van der Waals surface area contributed by atoms with Crippen LogP contribution in [0.1, 0.15) is 19.3 Å². The van der Waals surface area contributed by atoms with Crippen molar-refractivity contribution in [1.29, 1.82) is 0 Å². The topological polar surface area (TPSA) is 47.0 Å². The quantitative estimate of drug-likeness (QED) is 0.813. The van der Waals surface area contributed by atoms with E-state index in [1.807, 2.05) is 22.6 Å². The van der Waals surface area contributed by atoms with Gasteiger partial charge >= 0.3 is 0 Å². The van der Waals surface area contributed by atoms with E-state index in [0.717, 1.165) is 3.70 Å². The Hall–Kier alpha value is -0.570. The SMILES string of the molecule is FC1(F)CC2CC(Oc3ccc(I)nn3)CC1N2. The first kappa shape index (κ1) is 12.5. The van der Waals surface area contributed by atoms with Gasteiger partial charge in [-0.2, -0.15) is 0 Å². The number of halogens is 3. The summed E-state index contributed by atoms with van der Waals surface area (Å²) in [5, 5.41) is 10.7. The van der Waals surface area contributed by atoms with Crippen molar-refractivity contribution in [2.24, 2.45) is 0 Å². The van der Waals surface area contributed by atoms with Crippen LogP contribution in [0.4, 0.5) is 8.78 Å². The van der Waals surface area contributed by atoms with E-state index < -0.39 is 12.0 Å². The van der Waals surface area contributed by atoms with Crippen LogP contribution in [0, 0.1) is 3.70 Å². The summed E-state index contributed by atoms with van der Waals surface area (Å²) in [6.07, 6.45) is 0.622. The molecule has 2 aliphatic rings. The van der Waals surface area contributed by atoms with E-state index in [2.05, 4.69) is 15.5 Å². The summed E-state index contributed by atoms with van der Waals surface area (Å²) < 4.78 is 33.4. The van der Waals surface area contributed by atoms with E-state index in [9.17, 15) is 8.78 Å². The lowest BCUT2D eigenvalue weighted by atomic mass is 10.0. The van der Waals surface area contributed by atoms with Gasteiger partial charge in [-0.1, -0.05) is 0 Å². The molecule has 2 saturated heterocycles. The van der Waals surface area contributed by atoms with Crippen molar-refractivity contribution in [2.45, 2.75) is 43.4 Å². The molecular formula is C11H12F2IN3O. The van der Waals surface area contributed by atoms with Crippen molar-refractivity contribution in [3.05, 3.63) is 15.8 Å². The van der Waals surface area contributed by atoms with Crippen LogP contribution in [-0.4, -0.2) is 34.3 Å². The Morgan fingerprint density at radius 1 is 1.33 bits per heavy atom. The first-order chi connectivity index (χ1) is 8.53. The van der Waals surface area contributed by atoms with Crippen LogP contribution in [0.15, 0.2) is 12.1 Å². The molecule has 7 heteroatoms. The number of alkyl halides is 2. The summed E-state index contributed by atoms with van der Waals surface area (Å²) >= 11 is 2.05. The molecule has 2 aliphatic heterocycles. The molecule has 3 heterocycles. The third-order valence-electron chi connectivity index (χ3n) is 3.41. The molecule has 1 aromatic heterocycles.